The van der Waals surface area contributed by atoms with E-state index < -0.39 is 0 Å². The summed E-state index contributed by atoms with van der Waals surface area (Å²) in [6, 6.07) is 0.756. The van der Waals surface area contributed by atoms with Crippen LogP contribution in [0.15, 0.2) is 10.8 Å². The predicted molar refractivity (Wildman–Crippen MR) is 70.3 cm³/mol. The van der Waals surface area contributed by atoms with Gasteiger partial charge in [-0.25, -0.2) is 4.98 Å². The fourth-order valence-corrected chi connectivity index (χ4v) is 3.37. The molecule has 0 amide bonds. The van der Waals surface area contributed by atoms with E-state index in [1.54, 1.807) is 6.39 Å². The molecule has 4 nitrogen and oxygen atoms in total. The Bertz CT molecular complexity index is 384. The molecule has 2 aliphatic heterocycles. The number of nitrogens with one attached hydrogen (secondary N) is 1. The first kappa shape index (κ1) is 12.2. The fourth-order valence-electron chi connectivity index (χ4n) is 3.37. The summed E-state index contributed by atoms with van der Waals surface area (Å²) >= 11 is 0. The van der Waals surface area contributed by atoms with Crippen LogP contribution in [0.25, 0.3) is 0 Å². The van der Waals surface area contributed by atoms with Gasteiger partial charge in [-0.1, -0.05) is 0 Å². The normalized spacial score (nSPS) is 29.8. The molecular weight excluding hydrogens is 226 g/mol. The molecule has 0 aromatic carbocycles. The van der Waals surface area contributed by atoms with Gasteiger partial charge in [-0.2, -0.15) is 0 Å². The largest absolute Gasteiger partial charge is 0.448 e. The standard InChI is InChI=1S/C14H23N3O/c1-11-14(16-10-18-11)9-17-7-3-4-12(8-17)13-5-2-6-15-13/h10,12-13,15H,2-9H2,1H3. The highest BCUT2D eigenvalue weighted by atomic mass is 16.3. The van der Waals surface area contributed by atoms with Crippen molar-refractivity contribution in [3.05, 3.63) is 17.8 Å². The summed E-state index contributed by atoms with van der Waals surface area (Å²) in [5.41, 5.74) is 1.11. The van der Waals surface area contributed by atoms with Crippen LogP contribution in [0, 0.1) is 12.8 Å². The number of hydrogen-bond donors (Lipinski definition) is 1. The third kappa shape index (κ3) is 2.59. The van der Waals surface area contributed by atoms with E-state index in [1.165, 1.54) is 45.3 Å². The van der Waals surface area contributed by atoms with E-state index in [0.29, 0.717) is 0 Å². The van der Waals surface area contributed by atoms with Crippen molar-refractivity contribution in [2.45, 2.75) is 45.2 Å². The first-order valence-electron chi connectivity index (χ1n) is 7.17. The monoisotopic (exact) mass is 249 g/mol. The van der Waals surface area contributed by atoms with Crippen molar-refractivity contribution in [3.8, 4) is 0 Å². The molecule has 0 spiro atoms. The third-order valence-corrected chi connectivity index (χ3v) is 4.43. The molecule has 3 rings (SSSR count). The number of likely N-dealkylation sites (tertiary alicyclic amines) is 1. The molecule has 0 aliphatic carbocycles. The minimum Gasteiger partial charge on any atom is -0.448 e. The summed E-state index contributed by atoms with van der Waals surface area (Å²) in [6.07, 6.45) is 6.97. The van der Waals surface area contributed by atoms with Crippen LogP contribution in [0.5, 0.6) is 0 Å². The van der Waals surface area contributed by atoms with Gasteiger partial charge in [0.25, 0.3) is 0 Å². The second-order valence-corrected chi connectivity index (χ2v) is 5.70. The first-order chi connectivity index (χ1) is 8.83. The maximum Gasteiger partial charge on any atom is 0.181 e. The van der Waals surface area contributed by atoms with Gasteiger partial charge in [0, 0.05) is 19.1 Å². The summed E-state index contributed by atoms with van der Waals surface area (Å²) in [4.78, 5) is 6.85. The van der Waals surface area contributed by atoms with Crippen LogP contribution in [-0.2, 0) is 6.54 Å². The molecular formula is C14H23N3O. The van der Waals surface area contributed by atoms with E-state index >= 15 is 0 Å². The summed E-state index contributed by atoms with van der Waals surface area (Å²) in [5.74, 6) is 1.80. The molecule has 0 radical (unpaired) electrons. The maximum absolute atomic E-state index is 5.28. The molecule has 18 heavy (non-hydrogen) atoms. The Morgan fingerprint density at radius 2 is 2.39 bits per heavy atom. The number of rotatable bonds is 3. The lowest BCUT2D eigenvalue weighted by atomic mass is 9.90. The van der Waals surface area contributed by atoms with Gasteiger partial charge in [-0.05, 0) is 51.6 Å². The van der Waals surface area contributed by atoms with E-state index in [1.807, 2.05) is 6.92 Å². The van der Waals surface area contributed by atoms with Crippen molar-refractivity contribution in [2.75, 3.05) is 19.6 Å². The molecule has 100 valence electrons. The molecule has 0 saturated carbocycles. The van der Waals surface area contributed by atoms with Crippen LogP contribution < -0.4 is 5.32 Å². The molecule has 3 heterocycles. The van der Waals surface area contributed by atoms with Crippen molar-refractivity contribution < 1.29 is 4.42 Å². The Morgan fingerprint density at radius 1 is 1.44 bits per heavy atom. The van der Waals surface area contributed by atoms with Gasteiger partial charge in [0.05, 0.1) is 5.69 Å². The number of aryl methyl sites for hydroxylation is 1. The lowest BCUT2D eigenvalue weighted by molar-refractivity contribution is 0.143. The molecule has 1 aromatic rings. The van der Waals surface area contributed by atoms with Crippen molar-refractivity contribution in [1.82, 2.24) is 15.2 Å². The zero-order chi connectivity index (χ0) is 12.4. The van der Waals surface area contributed by atoms with Gasteiger partial charge in [-0.3, -0.25) is 4.90 Å². The van der Waals surface area contributed by atoms with E-state index in [0.717, 1.165) is 30.0 Å². The lowest BCUT2D eigenvalue weighted by Crippen LogP contribution is -2.43. The minimum absolute atomic E-state index is 0.756. The van der Waals surface area contributed by atoms with E-state index in [4.69, 9.17) is 4.42 Å². The smallest absolute Gasteiger partial charge is 0.181 e. The number of piperidine rings is 1. The Balaban J connectivity index is 1.58. The second-order valence-electron chi connectivity index (χ2n) is 5.70. The molecule has 0 bridgehead atoms. The quantitative estimate of drug-likeness (QED) is 0.889. The Morgan fingerprint density at radius 3 is 3.11 bits per heavy atom. The van der Waals surface area contributed by atoms with E-state index in [9.17, 15) is 0 Å². The van der Waals surface area contributed by atoms with Crippen LogP contribution in [-0.4, -0.2) is 35.6 Å². The van der Waals surface area contributed by atoms with Crippen LogP contribution >= 0.6 is 0 Å². The van der Waals surface area contributed by atoms with Gasteiger partial charge < -0.3 is 9.73 Å². The Labute approximate surface area is 109 Å². The minimum atomic E-state index is 0.756. The zero-order valence-corrected chi connectivity index (χ0v) is 11.2. The molecule has 2 saturated heterocycles. The van der Waals surface area contributed by atoms with E-state index in [2.05, 4.69) is 15.2 Å². The number of aromatic nitrogens is 1. The molecule has 1 aromatic heterocycles. The molecule has 2 aliphatic rings. The van der Waals surface area contributed by atoms with E-state index in [-0.39, 0.29) is 0 Å². The highest BCUT2D eigenvalue weighted by molar-refractivity contribution is 5.04. The van der Waals surface area contributed by atoms with Crippen molar-refractivity contribution in [1.29, 1.82) is 0 Å². The summed E-state index contributed by atoms with van der Waals surface area (Å²) < 4.78 is 5.28. The summed E-state index contributed by atoms with van der Waals surface area (Å²) in [7, 11) is 0. The summed E-state index contributed by atoms with van der Waals surface area (Å²) in [6.45, 7) is 6.58. The number of oxazole rings is 1. The third-order valence-electron chi connectivity index (χ3n) is 4.43. The van der Waals surface area contributed by atoms with Gasteiger partial charge in [0.2, 0.25) is 0 Å². The molecule has 1 N–H and O–H groups in total. The maximum atomic E-state index is 5.28. The molecule has 4 heteroatoms. The topological polar surface area (TPSA) is 41.3 Å². The molecule has 2 unspecified atom stereocenters. The van der Waals surface area contributed by atoms with Crippen molar-refractivity contribution in [2.24, 2.45) is 5.92 Å². The average Bonchev–Trinajstić information content (AvgIpc) is 3.02. The van der Waals surface area contributed by atoms with Gasteiger partial charge in [0.15, 0.2) is 6.39 Å². The van der Waals surface area contributed by atoms with Crippen LogP contribution in [0.1, 0.15) is 37.1 Å². The summed E-state index contributed by atoms with van der Waals surface area (Å²) in [5, 5.41) is 3.66. The first-order valence-corrected chi connectivity index (χ1v) is 7.17. The van der Waals surface area contributed by atoms with Gasteiger partial charge in [-0.15, -0.1) is 0 Å². The average molecular weight is 249 g/mol. The van der Waals surface area contributed by atoms with Crippen LogP contribution in [0.4, 0.5) is 0 Å². The zero-order valence-electron chi connectivity index (χ0n) is 11.2. The van der Waals surface area contributed by atoms with Crippen LogP contribution in [0.3, 0.4) is 0 Å². The van der Waals surface area contributed by atoms with Gasteiger partial charge >= 0.3 is 0 Å². The molecule has 2 fully saturated rings. The fraction of sp³-hybridized carbons (Fsp3) is 0.786. The second kappa shape index (κ2) is 5.41. The van der Waals surface area contributed by atoms with Crippen molar-refractivity contribution in [3.63, 3.8) is 0 Å². The molecule has 2 atom stereocenters. The van der Waals surface area contributed by atoms with Gasteiger partial charge in [0.1, 0.15) is 5.76 Å². The van der Waals surface area contributed by atoms with Crippen LogP contribution in [0.2, 0.25) is 0 Å². The Kier molecular flexibility index (Phi) is 3.66. The van der Waals surface area contributed by atoms with Crippen molar-refractivity contribution >= 4 is 0 Å². The SMILES string of the molecule is Cc1ocnc1CN1CCCC(C2CCCN2)C1. The predicted octanol–water partition coefficient (Wildman–Crippen LogP) is 1.95. The highest BCUT2D eigenvalue weighted by Gasteiger charge is 2.29. The number of hydrogen-bond acceptors (Lipinski definition) is 4. The Hall–Kier alpha value is -0.870. The lowest BCUT2D eigenvalue weighted by Gasteiger charge is -2.35. The number of nitrogens with zero attached hydrogens (tertiary/aromatic N) is 2. The highest BCUT2D eigenvalue weighted by Crippen LogP contribution is 2.25.